The Morgan fingerprint density at radius 2 is 1.93 bits per heavy atom. The fourth-order valence-corrected chi connectivity index (χ4v) is 3.41. The van der Waals surface area contributed by atoms with E-state index in [0.717, 1.165) is 11.8 Å². The van der Waals surface area contributed by atoms with Crippen molar-refractivity contribution in [1.29, 1.82) is 0 Å². The molecule has 0 heterocycles. The number of fused-ring (bicyclic) bond motifs is 1. The van der Waals surface area contributed by atoms with Gasteiger partial charge in [-0.3, -0.25) is 0 Å². The summed E-state index contributed by atoms with van der Waals surface area (Å²) in [5.74, 6) is 1.97. The van der Waals surface area contributed by atoms with E-state index < -0.39 is 0 Å². The Balaban J connectivity index is 1.94. The largest absolute Gasteiger partial charge is 0.0622 e. The Morgan fingerprint density at radius 3 is 2.43 bits per heavy atom. The van der Waals surface area contributed by atoms with Gasteiger partial charge in [-0.25, -0.2) is 0 Å². The van der Waals surface area contributed by atoms with Gasteiger partial charge in [0, 0.05) is 0 Å². The molecule has 0 spiro atoms. The first-order valence-electron chi connectivity index (χ1n) is 5.79. The first-order valence-corrected chi connectivity index (χ1v) is 5.79. The van der Waals surface area contributed by atoms with Crippen LogP contribution in [0.15, 0.2) is 24.3 Å². The van der Waals surface area contributed by atoms with Crippen molar-refractivity contribution in [2.75, 3.05) is 0 Å². The van der Waals surface area contributed by atoms with Crippen LogP contribution in [-0.2, 0) is 5.41 Å². The quantitative estimate of drug-likeness (QED) is 0.627. The summed E-state index contributed by atoms with van der Waals surface area (Å²) in [5, 5.41) is 0. The normalized spacial score (nSPS) is 39.6. The fraction of sp³-hybridized carbons (Fsp3) is 0.571. The molecule has 0 heteroatoms. The third kappa shape index (κ3) is 1.00. The molecular formula is C14H18. The molecule has 1 aromatic carbocycles. The molecule has 1 aromatic rings. The van der Waals surface area contributed by atoms with E-state index >= 15 is 0 Å². The molecule has 0 amide bonds. The molecule has 14 heavy (non-hydrogen) atoms. The monoisotopic (exact) mass is 186 g/mol. The van der Waals surface area contributed by atoms with Crippen molar-refractivity contribution in [3.8, 4) is 0 Å². The molecule has 0 saturated heterocycles. The van der Waals surface area contributed by atoms with Crippen LogP contribution >= 0.6 is 0 Å². The zero-order valence-corrected chi connectivity index (χ0v) is 9.09. The van der Waals surface area contributed by atoms with E-state index in [1.54, 1.807) is 5.56 Å². The molecule has 3 atom stereocenters. The van der Waals surface area contributed by atoms with Crippen LogP contribution < -0.4 is 0 Å². The molecule has 74 valence electrons. The predicted molar refractivity (Wildman–Crippen MR) is 59.4 cm³/mol. The van der Waals surface area contributed by atoms with Gasteiger partial charge >= 0.3 is 0 Å². The smallest absolute Gasteiger partial charge is 0.00127 e. The Kier molecular flexibility index (Phi) is 1.60. The van der Waals surface area contributed by atoms with Crippen LogP contribution in [0, 0.1) is 18.8 Å². The second-order valence-electron chi connectivity index (χ2n) is 5.35. The van der Waals surface area contributed by atoms with Crippen molar-refractivity contribution in [2.24, 2.45) is 11.8 Å². The van der Waals surface area contributed by atoms with Gasteiger partial charge < -0.3 is 0 Å². The summed E-state index contributed by atoms with van der Waals surface area (Å²) < 4.78 is 0. The summed E-state index contributed by atoms with van der Waals surface area (Å²) in [5.41, 5.74) is 3.61. The minimum Gasteiger partial charge on any atom is -0.0622 e. The molecule has 0 nitrogen and oxygen atoms in total. The van der Waals surface area contributed by atoms with Crippen molar-refractivity contribution in [2.45, 2.75) is 38.5 Å². The van der Waals surface area contributed by atoms with Crippen molar-refractivity contribution in [3.05, 3.63) is 35.4 Å². The van der Waals surface area contributed by atoms with E-state index in [9.17, 15) is 0 Å². The average molecular weight is 186 g/mol. The highest BCUT2D eigenvalue weighted by Crippen LogP contribution is 2.66. The molecule has 2 aliphatic carbocycles. The number of benzene rings is 1. The SMILES string of the molecule is Cc1ccc(C23CCC(C)C2C3)cc1. The van der Waals surface area contributed by atoms with E-state index in [4.69, 9.17) is 0 Å². The summed E-state index contributed by atoms with van der Waals surface area (Å²) in [6, 6.07) is 9.24. The summed E-state index contributed by atoms with van der Waals surface area (Å²) in [7, 11) is 0. The lowest BCUT2D eigenvalue weighted by atomic mass is 9.93. The number of aryl methyl sites for hydroxylation is 1. The van der Waals surface area contributed by atoms with Gasteiger partial charge in [-0.1, -0.05) is 36.8 Å². The summed E-state index contributed by atoms with van der Waals surface area (Å²) in [6.07, 6.45) is 4.33. The van der Waals surface area contributed by atoms with Crippen LogP contribution in [0.2, 0.25) is 0 Å². The first kappa shape index (κ1) is 8.52. The highest BCUT2D eigenvalue weighted by molar-refractivity contribution is 5.37. The van der Waals surface area contributed by atoms with Crippen molar-refractivity contribution in [1.82, 2.24) is 0 Å². The molecule has 2 saturated carbocycles. The van der Waals surface area contributed by atoms with Crippen LogP contribution in [0.25, 0.3) is 0 Å². The maximum Gasteiger partial charge on any atom is -0.00127 e. The van der Waals surface area contributed by atoms with Gasteiger partial charge in [0.2, 0.25) is 0 Å². The molecule has 0 N–H and O–H groups in total. The molecule has 0 radical (unpaired) electrons. The van der Waals surface area contributed by atoms with E-state index in [1.807, 2.05) is 0 Å². The zero-order chi connectivity index (χ0) is 9.76. The van der Waals surface area contributed by atoms with Crippen LogP contribution in [0.4, 0.5) is 0 Å². The minimum absolute atomic E-state index is 0.618. The summed E-state index contributed by atoms with van der Waals surface area (Å²) >= 11 is 0. The number of hydrogen-bond donors (Lipinski definition) is 0. The van der Waals surface area contributed by atoms with Crippen molar-refractivity contribution >= 4 is 0 Å². The van der Waals surface area contributed by atoms with E-state index in [1.165, 1.54) is 24.8 Å². The number of rotatable bonds is 1. The molecule has 0 aromatic heterocycles. The molecular weight excluding hydrogens is 168 g/mol. The fourth-order valence-electron chi connectivity index (χ4n) is 3.41. The van der Waals surface area contributed by atoms with Crippen LogP contribution in [0.3, 0.4) is 0 Å². The van der Waals surface area contributed by atoms with Crippen molar-refractivity contribution in [3.63, 3.8) is 0 Å². The minimum atomic E-state index is 0.618. The van der Waals surface area contributed by atoms with Gasteiger partial charge in [0.25, 0.3) is 0 Å². The molecule has 2 fully saturated rings. The Bertz CT molecular complexity index is 349. The Hall–Kier alpha value is -0.780. The lowest BCUT2D eigenvalue weighted by molar-refractivity contribution is 0.530. The van der Waals surface area contributed by atoms with Gasteiger partial charge in [-0.2, -0.15) is 0 Å². The Labute approximate surface area is 86.3 Å². The van der Waals surface area contributed by atoms with Crippen LogP contribution in [0.1, 0.15) is 37.3 Å². The topological polar surface area (TPSA) is 0 Å². The first-order chi connectivity index (χ1) is 6.72. The molecule has 0 bridgehead atoms. The third-order valence-electron chi connectivity index (χ3n) is 4.49. The van der Waals surface area contributed by atoms with Gasteiger partial charge in [-0.15, -0.1) is 0 Å². The van der Waals surface area contributed by atoms with Gasteiger partial charge in [-0.05, 0) is 49.0 Å². The van der Waals surface area contributed by atoms with Crippen molar-refractivity contribution < 1.29 is 0 Å². The highest BCUT2D eigenvalue weighted by atomic mass is 14.6. The van der Waals surface area contributed by atoms with E-state index in [0.29, 0.717) is 5.41 Å². The highest BCUT2D eigenvalue weighted by Gasteiger charge is 2.60. The molecule has 0 aliphatic heterocycles. The van der Waals surface area contributed by atoms with Crippen LogP contribution in [-0.4, -0.2) is 0 Å². The molecule has 2 aliphatic rings. The molecule has 3 rings (SSSR count). The van der Waals surface area contributed by atoms with Gasteiger partial charge in [0.05, 0.1) is 0 Å². The lowest BCUT2D eigenvalue weighted by Crippen LogP contribution is -2.04. The standard InChI is InChI=1S/C14H18/c1-10-3-5-12(6-4-10)14-8-7-11(2)13(14)9-14/h3-6,11,13H,7-9H2,1-2H3. The second-order valence-corrected chi connectivity index (χ2v) is 5.35. The van der Waals surface area contributed by atoms with E-state index in [2.05, 4.69) is 38.1 Å². The average Bonchev–Trinajstić information content (AvgIpc) is 2.84. The molecule has 3 unspecified atom stereocenters. The van der Waals surface area contributed by atoms with Gasteiger partial charge in [0.15, 0.2) is 0 Å². The zero-order valence-electron chi connectivity index (χ0n) is 9.09. The third-order valence-corrected chi connectivity index (χ3v) is 4.49. The van der Waals surface area contributed by atoms with Crippen LogP contribution in [0.5, 0.6) is 0 Å². The predicted octanol–water partition coefficient (Wildman–Crippen LogP) is 3.68. The maximum absolute atomic E-state index is 2.42. The summed E-state index contributed by atoms with van der Waals surface area (Å²) in [4.78, 5) is 0. The maximum atomic E-state index is 2.42. The summed E-state index contributed by atoms with van der Waals surface area (Å²) in [6.45, 7) is 4.59. The Morgan fingerprint density at radius 1 is 1.21 bits per heavy atom. The second kappa shape index (κ2) is 2.62. The lowest BCUT2D eigenvalue weighted by Gasteiger charge is -2.12. The number of hydrogen-bond acceptors (Lipinski definition) is 0. The van der Waals surface area contributed by atoms with Gasteiger partial charge in [0.1, 0.15) is 0 Å². The van der Waals surface area contributed by atoms with E-state index in [-0.39, 0.29) is 0 Å².